The van der Waals surface area contributed by atoms with Gasteiger partial charge in [0.15, 0.2) is 0 Å². The molecule has 6 heteroatoms. The second-order valence-electron chi connectivity index (χ2n) is 6.29. The molecule has 2 N–H and O–H groups in total. The molecule has 0 aliphatic rings. The fourth-order valence-corrected chi connectivity index (χ4v) is 2.69. The molecule has 2 aromatic carbocycles. The van der Waals surface area contributed by atoms with Gasteiger partial charge in [-0.05, 0) is 44.0 Å². The molecule has 0 saturated heterocycles. The summed E-state index contributed by atoms with van der Waals surface area (Å²) < 4.78 is 1.73. The van der Waals surface area contributed by atoms with Gasteiger partial charge in [0.2, 0.25) is 0 Å². The van der Waals surface area contributed by atoms with Crippen LogP contribution < -0.4 is 5.32 Å². The first-order valence-electron chi connectivity index (χ1n) is 8.58. The minimum absolute atomic E-state index is 0.0625. The topological polar surface area (TPSA) is 80.0 Å². The van der Waals surface area contributed by atoms with E-state index in [-0.39, 0.29) is 18.6 Å². The third-order valence-electron chi connectivity index (χ3n) is 4.32. The highest BCUT2D eigenvalue weighted by molar-refractivity contribution is 6.05. The minimum atomic E-state index is -0.156. The Labute approximate surface area is 152 Å². The molecule has 1 amide bonds. The predicted octanol–water partition coefficient (Wildman–Crippen LogP) is 3.45. The van der Waals surface area contributed by atoms with E-state index >= 15 is 0 Å². The second-order valence-corrected chi connectivity index (χ2v) is 6.29. The lowest BCUT2D eigenvalue weighted by atomic mass is 10.0. The van der Waals surface area contributed by atoms with Crippen LogP contribution in [0.5, 0.6) is 0 Å². The summed E-state index contributed by atoms with van der Waals surface area (Å²) in [6.07, 6.45) is 2.45. The van der Waals surface area contributed by atoms with Gasteiger partial charge in [0.1, 0.15) is 5.69 Å². The highest BCUT2D eigenvalue weighted by Crippen LogP contribution is 2.22. The molecule has 1 atom stereocenters. The summed E-state index contributed by atoms with van der Waals surface area (Å²) in [6, 6.07) is 15.1. The maximum Gasteiger partial charge on any atom is 0.255 e. The van der Waals surface area contributed by atoms with Crippen molar-refractivity contribution in [2.75, 3.05) is 11.9 Å². The maximum absolute atomic E-state index is 12.6. The van der Waals surface area contributed by atoms with Crippen LogP contribution in [0.15, 0.2) is 54.7 Å². The van der Waals surface area contributed by atoms with E-state index in [1.807, 2.05) is 68.6 Å². The Kier molecular flexibility index (Phi) is 5.43. The molecule has 134 valence electrons. The Morgan fingerprint density at radius 2 is 2.00 bits per heavy atom. The van der Waals surface area contributed by atoms with Crippen molar-refractivity contribution in [1.82, 2.24) is 15.0 Å². The highest BCUT2D eigenvalue weighted by Gasteiger charge is 2.14. The molecular weight excluding hydrogens is 328 g/mol. The molecule has 0 spiro atoms. The van der Waals surface area contributed by atoms with E-state index in [0.29, 0.717) is 17.7 Å². The van der Waals surface area contributed by atoms with Gasteiger partial charge in [-0.25, -0.2) is 4.68 Å². The minimum Gasteiger partial charge on any atom is -0.396 e. The van der Waals surface area contributed by atoms with Gasteiger partial charge < -0.3 is 10.4 Å². The van der Waals surface area contributed by atoms with Crippen LogP contribution in [0.3, 0.4) is 0 Å². The third-order valence-corrected chi connectivity index (χ3v) is 4.32. The molecule has 0 fully saturated rings. The van der Waals surface area contributed by atoms with Crippen molar-refractivity contribution < 1.29 is 9.90 Å². The molecule has 1 unspecified atom stereocenters. The third kappa shape index (κ3) is 3.97. The van der Waals surface area contributed by atoms with E-state index < -0.39 is 0 Å². The van der Waals surface area contributed by atoms with Crippen LogP contribution in [-0.4, -0.2) is 32.6 Å². The quantitative estimate of drug-likeness (QED) is 0.713. The number of nitrogens with one attached hydrogen (secondary N) is 1. The van der Waals surface area contributed by atoms with Crippen molar-refractivity contribution >= 4 is 11.6 Å². The summed E-state index contributed by atoms with van der Waals surface area (Å²) in [5.41, 5.74) is 3.78. The predicted molar refractivity (Wildman–Crippen MR) is 101 cm³/mol. The lowest BCUT2D eigenvalue weighted by Gasteiger charge is -2.09. The molecule has 3 aromatic rings. The Balaban J connectivity index is 1.85. The van der Waals surface area contributed by atoms with E-state index in [0.717, 1.165) is 16.8 Å². The highest BCUT2D eigenvalue weighted by atomic mass is 16.3. The first kappa shape index (κ1) is 17.8. The van der Waals surface area contributed by atoms with Gasteiger partial charge in [-0.2, -0.15) is 0 Å². The number of anilines is 1. The van der Waals surface area contributed by atoms with Crippen LogP contribution in [-0.2, 0) is 0 Å². The number of rotatable bonds is 6. The summed E-state index contributed by atoms with van der Waals surface area (Å²) in [5.74, 6) is -0.156. The first-order chi connectivity index (χ1) is 12.6. The number of amides is 1. The molecular formula is C20H22N4O2. The van der Waals surface area contributed by atoms with Crippen LogP contribution in [0.25, 0.3) is 11.3 Å². The van der Waals surface area contributed by atoms with Crippen molar-refractivity contribution in [3.05, 3.63) is 65.9 Å². The Hall–Kier alpha value is -2.99. The molecule has 1 heterocycles. The monoisotopic (exact) mass is 350 g/mol. The molecule has 0 aliphatic heterocycles. The summed E-state index contributed by atoms with van der Waals surface area (Å²) in [7, 11) is 0. The second kappa shape index (κ2) is 7.93. The Bertz CT molecular complexity index is 890. The van der Waals surface area contributed by atoms with Crippen molar-refractivity contribution in [3.8, 4) is 11.3 Å². The zero-order chi connectivity index (χ0) is 18.5. The number of aliphatic hydroxyl groups excluding tert-OH is 1. The van der Waals surface area contributed by atoms with Crippen LogP contribution in [0.1, 0.15) is 35.3 Å². The number of aromatic nitrogens is 3. The molecule has 0 bridgehead atoms. The van der Waals surface area contributed by atoms with Crippen LogP contribution >= 0.6 is 0 Å². The number of nitrogens with zero attached hydrogens (tertiary/aromatic N) is 3. The number of aliphatic hydroxyl groups is 1. The normalized spacial score (nSPS) is 12.0. The molecule has 0 aliphatic carbocycles. The number of carbonyl (C=O) groups excluding carboxylic acids is 1. The average Bonchev–Trinajstić information content (AvgIpc) is 3.13. The summed E-state index contributed by atoms with van der Waals surface area (Å²) in [4.78, 5) is 12.6. The zero-order valence-corrected chi connectivity index (χ0v) is 14.9. The SMILES string of the molecule is Cc1ccc(-c2cn(C(C)CCO)nn2)cc1C(=O)Nc1ccccc1. The van der Waals surface area contributed by atoms with Crippen molar-refractivity contribution in [2.45, 2.75) is 26.3 Å². The number of aryl methyl sites for hydroxylation is 1. The Morgan fingerprint density at radius 1 is 1.23 bits per heavy atom. The van der Waals surface area contributed by atoms with Gasteiger partial charge in [-0.1, -0.05) is 35.5 Å². The number of carbonyl (C=O) groups is 1. The number of benzene rings is 2. The summed E-state index contributed by atoms with van der Waals surface area (Å²) in [5, 5.41) is 20.3. The van der Waals surface area contributed by atoms with Gasteiger partial charge >= 0.3 is 0 Å². The lowest BCUT2D eigenvalue weighted by Crippen LogP contribution is -2.13. The number of para-hydroxylation sites is 1. The van der Waals surface area contributed by atoms with Gasteiger partial charge in [0.05, 0.1) is 12.2 Å². The number of hydrogen-bond donors (Lipinski definition) is 2. The van der Waals surface area contributed by atoms with E-state index in [1.165, 1.54) is 0 Å². The maximum atomic E-state index is 12.6. The van der Waals surface area contributed by atoms with Gasteiger partial charge in [0, 0.05) is 23.4 Å². The van der Waals surface area contributed by atoms with Crippen LogP contribution in [0, 0.1) is 6.92 Å². The van der Waals surface area contributed by atoms with Crippen molar-refractivity contribution in [2.24, 2.45) is 0 Å². The fraction of sp³-hybridized carbons (Fsp3) is 0.250. The standard InChI is InChI=1S/C20H22N4O2/c1-14-8-9-16(19-13-24(23-22-19)15(2)10-11-25)12-18(14)20(26)21-17-6-4-3-5-7-17/h3-9,12-13,15,25H,10-11H2,1-2H3,(H,21,26). The van der Waals surface area contributed by atoms with Crippen LogP contribution in [0.2, 0.25) is 0 Å². The molecule has 0 radical (unpaired) electrons. The summed E-state index contributed by atoms with van der Waals surface area (Å²) >= 11 is 0. The van der Waals surface area contributed by atoms with Crippen LogP contribution in [0.4, 0.5) is 5.69 Å². The smallest absolute Gasteiger partial charge is 0.255 e. The number of hydrogen-bond acceptors (Lipinski definition) is 4. The molecule has 6 nitrogen and oxygen atoms in total. The van der Waals surface area contributed by atoms with Gasteiger partial charge in [-0.15, -0.1) is 5.10 Å². The first-order valence-corrected chi connectivity index (χ1v) is 8.58. The molecule has 26 heavy (non-hydrogen) atoms. The average molecular weight is 350 g/mol. The van der Waals surface area contributed by atoms with Crippen molar-refractivity contribution in [1.29, 1.82) is 0 Å². The lowest BCUT2D eigenvalue weighted by molar-refractivity contribution is 0.102. The van der Waals surface area contributed by atoms with E-state index in [9.17, 15) is 4.79 Å². The van der Waals surface area contributed by atoms with Crippen molar-refractivity contribution in [3.63, 3.8) is 0 Å². The van der Waals surface area contributed by atoms with Gasteiger partial charge in [-0.3, -0.25) is 4.79 Å². The van der Waals surface area contributed by atoms with E-state index in [4.69, 9.17) is 5.11 Å². The van der Waals surface area contributed by atoms with E-state index in [1.54, 1.807) is 4.68 Å². The Morgan fingerprint density at radius 3 is 2.73 bits per heavy atom. The zero-order valence-electron chi connectivity index (χ0n) is 14.9. The largest absolute Gasteiger partial charge is 0.396 e. The molecule has 3 rings (SSSR count). The fourth-order valence-electron chi connectivity index (χ4n) is 2.69. The molecule has 1 aromatic heterocycles. The van der Waals surface area contributed by atoms with Gasteiger partial charge in [0.25, 0.3) is 5.91 Å². The van der Waals surface area contributed by atoms with E-state index in [2.05, 4.69) is 15.6 Å². The summed E-state index contributed by atoms with van der Waals surface area (Å²) in [6.45, 7) is 3.98. The molecule has 0 saturated carbocycles.